The molecular formula is C15H18F2N2O2. The number of ketones is 1. The monoisotopic (exact) mass is 296 g/mol. The lowest BCUT2D eigenvalue weighted by atomic mass is 10.1. The van der Waals surface area contributed by atoms with Crippen LogP contribution in [-0.2, 0) is 4.79 Å². The summed E-state index contributed by atoms with van der Waals surface area (Å²) in [6, 6.07) is 3.20. The summed E-state index contributed by atoms with van der Waals surface area (Å²) in [4.78, 5) is 25.1. The first-order chi connectivity index (χ1) is 9.97. The van der Waals surface area contributed by atoms with Crippen molar-refractivity contribution in [2.24, 2.45) is 5.73 Å². The van der Waals surface area contributed by atoms with Crippen molar-refractivity contribution in [3.05, 3.63) is 35.4 Å². The average molecular weight is 296 g/mol. The van der Waals surface area contributed by atoms with Crippen LogP contribution in [-0.4, -0.2) is 35.7 Å². The van der Waals surface area contributed by atoms with E-state index in [1.165, 1.54) is 6.07 Å². The van der Waals surface area contributed by atoms with Crippen LogP contribution >= 0.6 is 0 Å². The number of hydrogen-bond donors (Lipinski definition) is 1. The maximum atomic E-state index is 13.2. The predicted octanol–water partition coefficient (Wildman–Crippen LogP) is 1.88. The molecule has 114 valence electrons. The van der Waals surface area contributed by atoms with Gasteiger partial charge in [-0.25, -0.2) is 8.78 Å². The van der Waals surface area contributed by atoms with Gasteiger partial charge in [0.05, 0.1) is 13.1 Å². The van der Waals surface area contributed by atoms with Crippen molar-refractivity contribution in [1.29, 1.82) is 0 Å². The number of benzene rings is 1. The minimum Gasteiger partial charge on any atom is -0.369 e. The number of hydrogen-bond acceptors (Lipinski definition) is 3. The van der Waals surface area contributed by atoms with Crippen LogP contribution in [0.1, 0.15) is 36.0 Å². The number of halogens is 2. The van der Waals surface area contributed by atoms with E-state index in [4.69, 9.17) is 5.73 Å². The summed E-state index contributed by atoms with van der Waals surface area (Å²) in [5.74, 6) is -2.89. The predicted molar refractivity (Wildman–Crippen MR) is 73.7 cm³/mol. The van der Waals surface area contributed by atoms with Crippen LogP contribution in [0.2, 0.25) is 0 Å². The van der Waals surface area contributed by atoms with Gasteiger partial charge in [0.25, 0.3) is 0 Å². The third-order valence-corrected chi connectivity index (χ3v) is 3.79. The number of nitrogens with two attached hydrogens (primary N) is 1. The summed E-state index contributed by atoms with van der Waals surface area (Å²) < 4.78 is 26.1. The molecule has 2 N–H and O–H groups in total. The van der Waals surface area contributed by atoms with Gasteiger partial charge in [0, 0.05) is 11.6 Å². The average Bonchev–Trinajstić information content (AvgIpc) is 2.94. The van der Waals surface area contributed by atoms with E-state index in [1.807, 2.05) is 0 Å². The Hall–Kier alpha value is -1.82. The number of carbonyl (C=O) groups excluding carboxylic acids is 2. The minimum atomic E-state index is -1.05. The van der Waals surface area contributed by atoms with Crippen LogP contribution in [0.5, 0.6) is 0 Å². The van der Waals surface area contributed by atoms with Gasteiger partial charge in [-0.15, -0.1) is 0 Å². The van der Waals surface area contributed by atoms with E-state index >= 15 is 0 Å². The Labute approximate surface area is 121 Å². The minimum absolute atomic E-state index is 0.0000828. The molecule has 1 aliphatic rings. The van der Waals surface area contributed by atoms with Crippen LogP contribution < -0.4 is 5.73 Å². The molecule has 0 aliphatic heterocycles. The molecule has 21 heavy (non-hydrogen) atoms. The number of amides is 1. The molecular weight excluding hydrogens is 278 g/mol. The topological polar surface area (TPSA) is 63.4 Å². The molecule has 0 heterocycles. The molecule has 0 saturated heterocycles. The highest BCUT2D eigenvalue weighted by atomic mass is 19.2. The molecule has 1 aliphatic carbocycles. The van der Waals surface area contributed by atoms with Gasteiger partial charge >= 0.3 is 0 Å². The van der Waals surface area contributed by atoms with E-state index in [9.17, 15) is 18.4 Å². The Kier molecular flexibility index (Phi) is 5.01. The number of Topliss-reactive ketones (excluding diaryl/α,β-unsaturated/α-hetero) is 1. The van der Waals surface area contributed by atoms with E-state index in [2.05, 4.69) is 0 Å². The van der Waals surface area contributed by atoms with Crippen LogP contribution in [0.15, 0.2) is 18.2 Å². The molecule has 1 fully saturated rings. The van der Waals surface area contributed by atoms with E-state index in [0.29, 0.717) is 0 Å². The smallest absolute Gasteiger partial charge is 0.231 e. The normalized spacial score (nSPS) is 15.6. The van der Waals surface area contributed by atoms with Crippen molar-refractivity contribution in [2.75, 3.05) is 13.1 Å². The van der Waals surface area contributed by atoms with Crippen LogP contribution in [0.4, 0.5) is 8.78 Å². The first-order valence-corrected chi connectivity index (χ1v) is 6.98. The second-order valence-electron chi connectivity index (χ2n) is 5.36. The molecule has 2 rings (SSSR count). The van der Waals surface area contributed by atoms with Crippen LogP contribution in [0.25, 0.3) is 0 Å². The van der Waals surface area contributed by atoms with Crippen molar-refractivity contribution in [1.82, 2.24) is 4.90 Å². The zero-order valence-corrected chi connectivity index (χ0v) is 11.6. The molecule has 0 atom stereocenters. The summed E-state index contributed by atoms with van der Waals surface area (Å²) in [7, 11) is 0. The second-order valence-corrected chi connectivity index (χ2v) is 5.36. The van der Waals surface area contributed by atoms with Crippen molar-refractivity contribution >= 4 is 11.7 Å². The van der Waals surface area contributed by atoms with E-state index in [1.54, 1.807) is 4.90 Å². The lowest BCUT2D eigenvalue weighted by Gasteiger charge is -2.26. The maximum Gasteiger partial charge on any atom is 0.231 e. The van der Waals surface area contributed by atoms with Gasteiger partial charge in [0.1, 0.15) is 0 Å². The molecule has 4 nitrogen and oxygen atoms in total. The summed E-state index contributed by atoms with van der Waals surface area (Å²) in [5, 5.41) is 0. The van der Waals surface area contributed by atoms with Crippen molar-refractivity contribution in [2.45, 2.75) is 31.7 Å². The Morgan fingerprint density at radius 2 is 1.81 bits per heavy atom. The third kappa shape index (κ3) is 4.07. The molecule has 0 radical (unpaired) electrons. The first-order valence-electron chi connectivity index (χ1n) is 6.98. The van der Waals surface area contributed by atoms with Gasteiger partial charge in [-0.2, -0.15) is 0 Å². The highest BCUT2D eigenvalue weighted by molar-refractivity contribution is 5.97. The molecule has 6 heteroatoms. The molecule has 1 aromatic carbocycles. The van der Waals surface area contributed by atoms with Gasteiger partial charge in [-0.1, -0.05) is 12.8 Å². The number of rotatable bonds is 6. The van der Waals surface area contributed by atoms with Crippen molar-refractivity contribution in [3.8, 4) is 0 Å². The van der Waals surface area contributed by atoms with E-state index in [-0.39, 0.29) is 30.5 Å². The summed E-state index contributed by atoms with van der Waals surface area (Å²) >= 11 is 0. The maximum absolute atomic E-state index is 13.2. The quantitative estimate of drug-likeness (QED) is 0.815. The molecule has 0 bridgehead atoms. The summed E-state index contributed by atoms with van der Waals surface area (Å²) in [6.45, 7) is -0.0151. The summed E-state index contributed by atoms with van der Waals surface area (Å²) in [6.07, 6.45) is 3.94. The largest absolute Gasteiger partial charge is 0.369 e. The van der Waals surface area contributed by atoms with Gasteiger partial charge in [0.15, 0.2) is 17.4 Å². The molecule has 0 spiro atoms. The zero-order valence-electron chi connectivity index (χ0n) is 11.6. The Morgan fingerprint density at radius 1 is 1.14 bits per heavy atom. The van der Waals surface area contributed by atoms with Crippen molar-refractivity contribution in [3.63, 3.8) is 0 Å². The van der Waals surface area contributed by atoms with Gasteiger partial charge in [-0.05, 0) is 31.0 Å². The molecule has 1 amide bonds. The fourth-order valence-electron chi connectivity index (χ4n) is 2.73. The van der Waals surface area contributed by atoms with Gasteiger partial charge in [0.2, 0.25) is 5.91 Å². The molecule has 0 unspecified atom stereocenters. The lowest BCUT2D eigenvalue weighted by Crippen LogP contribution is -2.43. The third-order valence-electron chi connectivity index (χ3n) is 3.79. The molecule has 1 saturated carbocycles. The van der Waals surface area contributed by atoms with E-state index < -0.39 is 17.5 Å². The van der Waals surface area contributed by atoms with Gasteiger partial charge < -0.3 is 5.73 Å². The summed E-state index contributed by atoms with van der Waals surface area (Å²) in [5.41, 5.74) is 5.32. The zero-order chi connectivity index (χ0) is 15.4. The molecule has 0 aromatic heterocycles. The highest BCUT2D eigenvalue weighted by Crippen LogP contribution is 2.23. The molecule has 1 aromatic rings. The Balaban J connectivity index is 2.09. The standard InChI is InChI=1S/C15H18F2N2O2/c16-12-6-5-10(7-13(12)17)14(20)8-19(9-15(18)21)11-3-1-2-4-11/h5-7,11H,1-4,8-9H2,(H2,18,21). The number of nitrogens with zero attached hydrogens (tertiary/aromatic N) is 1. The fourth-order valence-corrected chi connectivity index (χ4v) is 2.73. The van der Waals surface area contributed by atoms with Crippen LogP contribution in [0, 0.1) is 11.6 Å². The second kappa shape index (κ2) is 6.76. The van der Waals surface area contributed by atoms with E-state index in [0.717, 1.165) is 37.8 Å². The first kappa shape index (κ1) is 15.6. The number of carbonyl (C=O) groups is 2. The van der Waals surface area contributed by atoms with Crippen LogP contribution in [0.3, 0.4) is 0 Å². The number of primary amides is 1. The van der Waals surface area contributed by atoms with Crippen molar-refractivity contribution < 1.29 is 18.4 Å². The Bertz CT molecular complexity index is 542. The Morgan fingerprint density at radius 3 is 2.38 bits per heavy atom. The SMILES string of the molecule is NC(=O)CN(CC(=O)c1ccc(F)c(F)c1)C1CCCC1. The van der Waals surface area contributed by atoms with Gasteiger partial charge in [-0.3, -0.25) is 14.5 Å². The fraction of sp³-hybridized carbons (Fsp3) is 0.467. The lowest BCUT2D eigenvalue weighted by molar-refractivity contribution is -0.119. The highest BCUT2D eigenvalue weighted by Gasteiger charge is 2.26.